The quantitative estimate of drug-likeness (QED) is 0.525. The number of carboxylic acid groups (broad SMARTS) is 1. The maximum atomic E-state index is 12.5. The van der Waals surface area contributed by atoms with E-state index in [1.807, 2.05) is 4.72 Å². The fourth-order valence-electron chi connectivity index (χ4n) is 3.66. The van der Waals surface area contributed by atoms with Gasteiger partial charge in [0.15, 0.2) is 0 Å². The van der Waals surface area contributed by atoms with Gasteiger partial charge in [0.1, 0.15) is 0 Å². The van der Waals surface area contributed by atoms with Gasteiger partial charge in [-0.25, -0.2) is 32.7 Å². The van der Waals surface area contributed by atoms with Crippen LogP contribution in [0.2, 0.25) is 0 Å². The number of methoxy groups -OCH3 is 1. The number of aromatic nitrogens is 2. The molecule has 0 aliphatic heterocycles. The molecule has 3 amide bonds. The van der Waals surface area contributed by atoms with Crippen molar-refractivity contribution in [2.24, 2.45) is 0 Å². The number of rotatable bonds is 8. The van der Waals surface area contributed by atoms with Crippen LogP contribution >= 0.6 is 0 Å². The van der Waals surface area contributed by atoms with Crippen molar-refractivity contribution >= 4 is 28.0 Å². The number of ether oxygens (including phenoxy) is 1. The highest BCUT2D eigenvalue weighted by Gasteiger charge is 2.22. The third-order valence-corrected chi connectivity index (χ3v) is 6.70. The first kappa shape index (κ1) is 24.2. The SMILES string of the molecule is COc1nccnc1N(CCc1ccc(S(=O)(=O)NC(=O)NC2CCCCC2)cc1)C(=O)O. The average Bonchev–Trinajstić information content (AvgIpc) is 2.80. The summed E-state index contributed by atoms with van der Waals surface area (Å²) >= 11 is 0. The van der Waals surface area contributed by atoms with Crippen molar-refractivity contribution in [3.63, 3.8) is 0 Å². The Morgan fingerprint density at radius 2 is 1.79 bits per heavy atom. The molecule has 3 N–H and O–H groups in total. The molecule has 11 nitrogen and oxygen atoms in total. The molecule has 12 heteroatoms. The molecule has 0 saturated heterocycles. The van der Waals surface area contributed by atoms with Gasteiger partial charge in [-0.05, 0) is 37.0 Å². The number of benzene rings is 1. The van der Waals surface area contributed by atoms with Crippen molar-refractivity contribution in [2.75, 3.05) is 18.6 Å². The molecule has 0 spiro atoms. The second kappa shape index (κ2) is 10.9. The van der Waals surface area contributed by atoms with E-state index in [1.54, 1.807) is 12.1 Å². The highest BCUT2D eigenvalue weighted by molar-refractivity contribution is 7.90. The molecule has 0 bridgehead atoms. The third kappa shape index (κ3) is 6.54. The Kier molecular flexibility index (Phi) is 8.04. The van der Waals surface area contributed by atoms with Crippen molar-refractivity contribution in [2.45, 2.75) is 49.5 Å². The van der Waals surface area contributed by atoms with Crippen LogP contribution in [0, 0.1) is 0 Å². The number of nitrogens with zero attached hydrogens (tertiary/aromatic N) is 3. The monoisotopic (exact) mass is 477 g/mol. The van der Waals surface area contributed by atoms with Gasteiger partial charge in [0.05, 0.1) is 12.0 Å². The van der Waals surface area contributed by atoms with Crippen LogP contribution < -0.4 is 19.7 Å². The molecule has 1 aliphatic carbocycles. The first-order valence-corrected chi connectivity index (χ1v) is 12.1. The van der Waals surface area contributed by atoms with Crippen LogP contribution in [0.5, 0.6) is 5.88 Å². The summed E-state index contributed by atoms with van der Waals surface area (Å²) in [5.41, 5.74) is 0.703. The number of urea groups is 1. The molecule has 0 radical (unpaired) electrons. The second-order valence-corrected chi connectivity index (χ2v) is 9.31. The number of carbonyl (C=O) groups excluding carboxylic acids is 1. The number of nitrogens with one attached hydrogen (secondary N) is 2. The van der Waals surface area contributed by atoms with Gasteiger partial charge in [0, 0.05) is 25.0 Å². The zero-order valence-electron chi connectivity index (χ0n) is 18.2. The van der Waals surface area contributed by atoms with Crippen LogP contribution in [-0.4, -0.2) is 55.3 Å². The van der Waals surface area contributed by atoms with Gasteiger partial charge in [-0.1, -0.05) is 31.4 Å². The maximum Gasteiger partial charge on any atom is 0.413 e. The zero-order chi connectivity index (χ0) is 23.8. The molecule has 1 aromatic heterocycles. The van der Waals surface area contributed by atoms with Crippen LogP contribution in [0.3, 0.4) is 0 Å². The van der Waals surface area contributed by atoms with Gasteiger partial charge in [0.2, 0.25) is 5.82 Å². The van der Waals surface area contributed by atoms with Gasteiger partial charge in [-0.2, -0.15) is 0 Å². The lowest BCUT2D eigenvalue weighted by Gasteiger charge is -2.22. The Bertz CT molecular complexity index is 1070. The maximum absolute atomic E-state index is 12.5. The van der Waals surface area contributed by atoms with E-state index in [2.05, 4.69) is 15.3 Å². The van der Waals surface area contributed by atoms with E-state index in [0.717, 1.165) is 37.0 Å². The fraction of sp³-hybridized carbons (Fsp3) is 0.429. The van der Waals surface area contributed by atoms with Gasteiger partial charge in [-0.15, -0.1) is 0 Å². The Morgan fingerprint density at radius 3 is 2.42 bits per heavy atom. The molecule has 1 saturated carbocycles. The highest BCUT2D eigenvalue weighted by Crippen LogP contribution is 2.23. The lowest BCUT2D eigenvalue weighted by molar-refractivity contribution is 0.201. The number of hydrogen-bond acceptors (Lipinski definition) is 7. The van der Waals surface area contributed by atoms with Crippen LogP contribution in [0.25, 0.3) is 0 Å². The van der Waals surface area contributed by atoms with Crippen molar-refractivity contribution in [1.82, 2.24) is 20.0 Å². The molecular weight excluding hydrogens is 450 g/mol. The Morgan fingerprint density at radius 1 is 1.12 bits per heavy atom. The third-order valence-electron chi connectivity index (χ3n) is 5.35. The largest absolute Gasteiger partial charge is 0.478 e. The summed E-state index contributed by atoms with van der Waals surface area (Å²) in [6.45, 7) is 0.0541. The van der Waals surface area contributed by atoms with E-state index >= 15 is 0 Å². The van der Waals surface area contributed by atoms with Crippen molar-refractivity contribution < 1.29 is 27.9 Å². The van der Waals surface area contributed by atoms with E-state index in [4.69, 9.17) is 4.74 Å². The van der Waals surface area contributed by atoms with E-state index < -0.39 is 22.1 Å². The first-order chi connectivity index (χ1) is 15.8. The summed E-state index contributed by atoms with van der Waals surface area (Å²) in [6, 6.07) is 5.14. The molecule has 1 aliphatic rings. The average molecular weight is 478 g/mol. The molecule has 3 rings (SSSR count). The Balaban J connectivity index is 1.61. The Labute approximate surface area is 192 Å². The van der Waals surface area contributed by atoms with Crippen LogP contribution in [0.15, 0.2) is 41.6 Å². The van der Waals surface area contributed by atoms with Gasteiger partial charge in [0.25, 0.3) is 15.9 Å². The fourth-order valence-corrected chi connectivity index (χ4v) is 4.57. The number of anilines is 1. The summed E-state index contributed by atoms with van der Waals surface area (Å²) in [7, 11) is -2.65. The van der Waals surface area contributed by atoms with Gasteiger partial charge >= 0.3 is 12.1 Å². The van der Waals surface area contributed by atoms with Crippen LogP contribution in [0.1, 0.15) is 37.7 Å². The van der Waals surface area contributed by atoms with Crippen LogP contribution in [-0.2, 0) is 16.4 Å². The van der Waals surface area contributed by atoms with Gasteiger partial charge in [-0.3, -0.25) is 4.90 Å². The predicted octanol–water partition coefficient (Wildman–Crippen LogP) is 2.53. The summed E-state index contributed by atoms with van der Waals surface area (Å²) < 4.78 is 32.2. The Hall–Kier alpha value is -3.41. The second-order valence-electron chi connectivity index (χ2n) is 7.63. The minimum Gasteiger partial charge on any atom is -0.478 e. The number of amides is 3. The summed E-state index contributed by atoms with van der Waals surface area (Å²) in [5.74, 6) is 0.152. The molecular formula is C21H27N5O6S. The van der Waals surface area contributed by atoms with Crippen molar-refractivity contribution in [1.29, 1.82) is 0 Å². The molecule has 2 aromatic rings. The lowest BCUT2D eigenvalue weighted by Crippen LogP contribution is -2.45. The van der Waals surface area contributed by atoms with Crippen molar-refractivity contribution in [3.05, 3.63) is 42.2 Å². The standard InChI is InChI=1S/C21H27N5O6S/c1-32-19-18(22-12-13-23-19)26(21(28)29)14-11-15-7-9-17(10-8-15)33(30,31)25-20(27)24-16-5-3-2-4-6-16/h7-10,12-13,16H,2-6,11,14H2,1H3,(H,28,29)(H2,24,25,27). The van der Waals surface area contributed by atoms with Gasteiger partial charge < -0.3 is 15.2 Å². The van der Waals surface area contributed by atoms with E-state index in [-0.39, 0.29) is 29.2 Å². The molecule has 1 fully saturated rings. The molecule has 0 atom stereocenters. The van der Waals surface area contributed by atoms with Crippen LogP contribution in [0.4, 0.5) is 15.4 Å². The smallest absolute Gasteiger partial charge is 0.413 e. The van der Waals surface area contributed by atoms with Crippen molar-refractivity contribution in [3.8, 4) is 5.88 Å². The van der Waals surface area contributed by atoms with E-state index in [0.29, 0.717) is 12.0 Å². The number of carbonyl (C=O) groups is 2. The molecule has 33 heavy (non-hydrogen) atoms. The minimum atomic E-state index is -4.03. The minimum absolute atomic E-state index is 0.0126. The molecule has 178 valence electrons. The molecule has 1 aromatic carbocycles. The topological polar surface area (TPSA) is 151 Å². The highest BCUT2D eigenvalue weighted by atomic mass is 32.2. The summed E-state index contributed by atoms with van der Waals surface area (Å²) in [4.78, 5) is 32.7. The summed E-state index contributed by atoms with van der Waals surface area (Å²) in [5, 5.41) is 12.3. The van der Waals surface area contributed by atoms with E-state index in [9.17, 15) is 23.1 Å². The normalized spacial score (nSPS) is 14.3. The first-order valence-electron chi connectivity index (χ1n) is 10.6. The molecule has 0 unspecified atom stereocenters. The molecule has 1 heterocycles. The van der Waals surface area contributed by atoms with E-state index in [1.165, 1.54) is 31.6 Å². The summed E-state index contributed by atoms with van der Waals surface area (Å²) in [6.07, 6.45) is 6.68. The number of hydrogen-bond donors (Lipinski definition) is 3. The zero-order valence-corrected chi connectivity index (χ0v) is 19.0. The predicted molar refractivity (Wildman–Crippen MR) is 120 cm³/mol. The number of sulfonamides is 1. The lowest BCUT2D eigenvalue weighted by atomic mass is 9.96.